The molecule has 1 aromatic heterocycles. The van der Waals surface area contributed by atoms with Crippen molar-refractivity contribution in [3.05, 3.63) is 35.2 Å². The van der Waals surface area contributed by atoms with E-state index in [4.69, 9.17) is 16.1 Å². The molecule has 0 unspecified atom stereocenters. The number of hydrogen-bond acceptors (Lipinski definition) is 5. The predicted octanol–water partition coefficient (Wildman–Crippen LogP) is 3.36. The smallest absolute Gasteiger partial charge is 0.240 e. The molecule has 0 bridgehead atoms. The van der Waals surface area contributed by atoms with Gasteiger partial charge in [0.15, 0.2) is 5.96 Å². The quantitative estimate of drug-likeness (QED) is 0.313. The van der Waals surface area contributed by atoms with E-state index in [1.807, 2.05) is 46.9 Å². The number of guanidine groups is 1. The SMILES string of the molecule is CCNC(=NCCc1nc(-c2cccc(Cl)c2)no1)N(C)CC(=O)NC(C)(C)C.I. The van der Waals surface area contributed by atoms with E-state index in [0.29, 0.717) is 42.2 Å². The Labute approximate surface area is 199 Å². The van der Waals surface area contributed by atoms with Crippen LogP contribution in [0.25, 0.3) is 11.4 Å². The molecule has 1 heterocycles. The van der Waals surface area contributed by atoms with Crippen LogP contribution in [0, 0.1) is 0 Å². The fourth-order valence-electron chi connectivity index (χ4n) is 2.58. The van der Waals surface area contributed by atoms with E-state index in [-0.39, 0.29) is 42.0 Å². The highest BCUT2D eigenvalue weighted by Crippen LogP contribution is 2.19. The summed E-state index contributed by atoms with van der Waals surface area (Å²) in [4.78, 5) is 22.9. The van der Waals surface area contributed by atoms with Gasteiger partial charge in [0.2, 0.25) is 17.6 Å². The maximum atomic E-state index is 12.2. The van der Waals surface area contributed by atoms with Crippen LogP contribution in [-0.2, 0) is 11.2 Å². The summed E-state index contributed by atoms with van der Waals surface area (Å²) in [5.41, 5.74) is 0.528. The molecule has 0 aliphatic rings. The van der Waals surface area contributed by atoms with Crippen molar-refractivity contribution < 1.29 is 9.32 Å². The first-order valence-electron chi connectivity index (χ1n) is 9.57. The van der Waals surface area contributed by atoms with Gasteiger partial charge < -0.3 is 20.1 Å². The molecule has 0 saturated heterocycles. The van der Waals surface area contributed by atoms with Gasteiger partial charge in [0.25, 0.3) is 0 Å². The van der Waals surface area contributed by atoms with E-state index in [2.05, 4.69) is 25.8 Å². The van der Waals surface area contributed by atoms with Crippen LogP contribution in [0.15, 0.2) is 33.8 Å². The molecular formula is C20H30ClIN6O2. The van der Waals surface area contributed by atoms with E-state index in [1.165, 1.54) is 0 Å². The molecule has 2 N–H and O–H groups in total. The molecule has 2 rings (SSSR count). The van der Waals surface area contributed by atoms with Crippen molar-refractivity contribution in [3.8, 4) is 11.4 Å². The molecular weight excluding hydrogens is 519 g/mol. The number of rotatable bonds is 7. The fourth-order valence-corrected chi connectivity index (χ4v) is 2.77. The zero-order valence-electron chi connectivity index (χ0n) is 18.0. The first kappa shape index (κ1) is 26.2. The molecule has 30 heavy (non-hydrogen) atoms. The predicted molar refractivity (Wildman–Crippen MR) is 130 cm³/mol. The van der Waals surface area contributed by atoms with Crippen molar-refractivity contribution in [1.82, 2.24) is 25.7 Å². The van der Waals surface area contributed by atoms with E-state index in [0.717, 1.165) is 5.56 Å². The summed E-state index contributed by atoms with van der Waals surface area (Å²) in [7, 11) is 1.83. The number of nitrogens with zero attached hydrogens (tertiary/aromatic N) is 4. The van der Waals surface area contributed by atoms with Gasteiger partial charge in [-0.25, -0.2) is 0 Å². The van der Waals surface area contributed by atoms with Crippen molar-refractivity contribution in [2.24, 2.45) is 4.99 Å². The van der Waals surface area contributed by atoms with E-state index in [1.54, 1.807) is 17.0 Å². The maximum absolute atomic E-state index is 12.2. The van der Waals surface area contributed by atoms with Gasteiger partial charge in [-0.3, -0.25) is 9.79 Å². The van der Waals surface area contributed by atoms with Gasteiger partial charge in [0.05, 0.1) is 13.1 Å². The number of aliphatic imine (C=N–C) groups is 1. The minimum absolute atomic E-state index is 0. The second-order valence-electron chi connectivity index (χ2n) is 7.66. The summed E-state index contributed by atoms with van der Waals surface area (Å²) >= 11 is 6.01. The lowest BCUT2D eigenvalue weighted by Crippen LogP contribution is -2.48. The number of amides is 1. The first-order valence-corrected chi connectivity index (χ1v) is 9.94. The lowest BCUT2D eigenvalue weighted by molar-refractivity contribution is -0.122. The Balaban J connectivity index is 0.00000450. The zero-order valence-corrected chi connectivity index (χ0v) is 21.1. The highest BCUT2D eigenvalue weighted by molar-refractivity contribution is 14.0. The number of likely N-dealkylation sites (N-methyl/N-ethyl adjacent to an activating group) is 1. The van der Waals surface area contributed by atoms with Gasteiger partial charge in [-0.2, -0.15) is 4.98 Å². The van der Waals surface area contributed by atoms with Crippen molar-refractivity contribution in [2.75, 3.05) is 26.7 Å². The summed E-state index contributed by atoms with van der Waals surface area (Å²) in [5, 5.41) is 10.7. The summed E-state index contributed by atoms with van der Waals surface area (Å²) < 4.78 is 5.31. The molecule has 1 aromatic carbocycles. The van der Waals surface area contributed by atoms with Gasteiger partial charge in [0.1, 0.15) is 0 Å². The second kappa shape index (κ2) is 12.1. The largest absolute Gasteiger partial charge is 0.357 e. The Morgan fingerprint density at radius 2 is 2.07 bits per heavy atom. The normalized spacial score (nSPS) is 11.6. The number of carbonyl (C=O) groups excluding carboxylic acids is 1. The van der Waals surface area contributed by atoms with Gasteiger partial charge in [0, 0.05) is 36.1 Å². The van der Waals surface area contributed by atoms with Crippen molar-refractivity contribution in [3.63, 3.8) is 0 Å². The van der Waals surface area contributed by atoms with Crippen LogP contribution < -0.4 is 10.6 Å². The number of hydrogen-bond donors (Lipinski definition) is 2. The Morgan fingerprint density at radius 3 is 2.70 bits per heavy atom. The molecule has 0 atom stereocenters. The van der Waals surface area contributed by atoms with Gasteiger partial charge in [-0.1, -0.05) is 28.9 Å². The minimum Gasteiger partial charge on any atom is -0.357 e. The Bertz CT molecular complexity index is 850. The maximum Gasteiger partial charge on any atom is 0.240 e. The fraction of sp³-hybridized carbons (Fsp3) is 0.500. The lowest BCUT2D eigenvalue weighted by atomic mass is 10.1. The average Bonchev–Trinajstić information content (AvgIpc) is 3.08. The van der Waals surface area contributed by atoms with Crippen molar-refractivity contribution >= 4 is 47.4 Å². The summed E-state index contributed by atoms with van der Waals surface area (Å²) in [6.07, 6.45) is 0.491. The summed E-state index contributed by atoms with van der Waals surface area (Å²) in [6.45, 7) is 9.19. The summed E-state index contributed by atoms with van der Waals surface area (Å²) in [6, 6.07) is 7.29. The molecule has 8 nitrogen and oxygen atoms in total. The van der Waals surface area contributed by atoms with Crippen LogP contribution in [0.4, 0.5) is 0 Å². The molecule has 10 heteroatoms. The topological polar surface area (TPSA) is 95.7 Å². The molecule has 166 valence electrons. The van der Waals surface area contributed by atoms with Crippen LogP contribution in [-0.4, -0.2) is 59.1 Å². The lowest BCUT2D eigenvalue weighted by Gasteiger charge is -2.25. The molecule has 0 spiro atoms. The number of aromatic nitrogens is 2. The van der Waals surface area contributed by atoms with E-state index >= 15 is 0 Å². The Hall–Kier alpha value is -1.88. The third kappa shape index (κ3) is 8.86. The van der Waals surface area contributed by atoms with Crippen LogP contribution in [0.2, 0.25) is 5.02 Å². The monoisotopic (exact) mass is 548 g/mol. The molecule has 0 aliphatic carbocycles. The molecule has 2 aromatic rings. The summed E-state index contributed by atoms with van der Waals surface area (Å²) in [5.74, 6) is 1.57. The van der Waals surface area contributed by atoms with Crippen LogP contribution in [0.5, 0.6) is 0 Å². The number of halogens is 2. The molecule has 0 fully saturated rings. The van der Waals surface area contributed by atoms with Crippen LogP contribution >= 0.6 is 35.6 Å². The average molecular weight is 549 g/mol. The third-order valence-electron chi connectivity index (χ3n) is 3.73. The van der Waals surface area contributed by atoms with E-state index in [9.17, 15) is 4.79 Å². The second-order valence-corrected chi connectivity index (χ2v) is 8.10. The van der Waals surface area contributed by atoms with Gasteiger partial charge >= 0.3 is 0 Å². The number of nitrogens with one attached hydrogen (secondary N) is 2. The van der Waals surface area contributed by atoms with Gasteiger partial charge in [-0.05, 0) is 39.8 Å². The number of benzene rings is 1. The third-order valence-corrected chi connectivity index (χ3v) is 3.96. The highest BCUT2D eigenvalue weighted by Gasteiger charge is 2.17. The standard InChI is InChI=1S/C20H29ClN6O2.HI/c1-6-22-19(27(5)13-16(28)25-20(2,3)4)23-11-10-17-24-18(26-29-17)14-8-7-9-15(21)12-14;/h7-9,12H,6,10-11,13H2,1-5H3,(H,22,23)(H,25,28);1H. The molecule has 1 amide bonds. The van der Waals surface area contributed by atoms with Crippen LogP contribution in [0.3, 0.4) is 0 Å². The first-order chi connectivity index (χ1) is 13.7. The Kier molecular flexibility index (Phi) is 10.5. The zero-order chi connectivity index (χ0) is 21.4. The van der Waals surface area contributed by atoms with Gasteiger partial charge in [-0.15, -0.1) is 24.0 Å². The minimum atomic E-state index is -0.272. The Morgan fingerprint density at radius 1 is 1.33 bits per heavy atom. The van der Waals surface area contributed by atoms with E-state index < -0.39 is 0 Å². The van der Waals surface area contributed by atoms with Crippen molar-refractivity contribution in [1.29, 1.82) is 0 Å². The molecule has 0 saturated carbocycles. The molecule has 0 radical (unpaired) electrons. The number of carbonyl (C=O) groups is 1. The molecule has 0 aliphatic heterocycles. The highest BCUT2D eigenvalue weighted by atomic mass is 127. The van der Waals surface area contributed by atoms with Crippen molar-refractivity contribution in [2.45, 2.75) is 39.7 Å². The van der Waals surface area contributed by atoms with Crippen LogP contribution in [0.1, 0.15) is 33.6 Å².